The maximum Gasteiger partial charge on any atom is 0.434 e. The van der Waals surface area contributed by atoms with Gasteiger partial charge in [0.2, 0.25) is 0 Å². The standard InChI is InChI=1S/C15H10F3N3O2S2/c1-23-9-4-2-8(3-5-9)10-6-24-14(20-10)21-13(22)11-12(15(16,17)18)19-7-25-11/h2-7H,1H3,(H,20,21,22). The molecular weight excluding hydrogens is 375 g/mol. The van der Waals surface area contributed by atoms with Crippen molar-refractivity contribution < 1.29 is 22.7 Å². The number of halogens is 3. The first kappa shape index (κ1) is 17.4. The average Bonchev–Trinajstić information content (AvgIpc) is 3.24. The maximum absolute atomic E-state index is 12.8. The Morgan fingerprint density at radius 3 is 2.56 bits per heavy atom. The summed E-state index contributed by atoms with van der Waals surface area (Å²) in [4.78, 5) is 19.0. The lowest BCUT2D eigenvalue weighted by Crippen LogP contribution is -2.17. The third-order valence-electron chi connectivity index (χ3n) is 3.15. The fourth-order valence-electron chi connectivity index (χ4n) is 1.99. The Kier molecular flexibility index (Phi) is 4.73. The van der Waals surface area contributed by atoms with Gasteiger partial charge in [-0.3, -0.25) is 10.1 Å². The molecule has 1 amide bonds. The van der Waals surface area contributed by atoms with E-state index < -0.39 is 22.7 Å². The van der Waals surface area contributed by atoms with Gasteiger partial charge in [0, 0.05) is 10.9 Å². The van der Waals surface area contributed by atoms with Gasteiger partial charge in [-0.25, -0.2) is 9.97 Å². The molecule has 2 aromatic heterocycles. The van der Waals surface area contributed by atoms with E-state index in [0.29, 0.717) is 22.8 Å². The van der Waals surface area contributed by atoms with E-state index in [1.165, 1.54) is 0 Å². The summed E-state index contributed by atoms with van der Waals surface area (Å²) in [7, 11) is 1.56. The summed E-state index contributed by atoms with van der Waals surface area (Å²) in [5.74, 6) is -0.192. The molecule has 0 saturated heterocycles. The second-order valence-electron chi connectivity index (χ2n) is 4.75. The minimum Gasteiger partial charge on any atom is -0.497 e. The van der Waals surface area contributed by atoms with Crippen LogP contribution in [-0.2, 0) is 6.18 Å². The first-order valence-corrected chi connectivity index (χ1v) is 8.56. The van der Waals surface area contributed by atoms with E-state index in [0.717, 1.165) is 22.4 Å². The van der Waals surface area contributed by atoms with Crippen molar-refractivity contribution >= 4 is 33.7 Å². The van der Waals surface area contributed by atoms with Crippen LogP contribution in [0.15, 0.2) is 35.2 Å². The van der Waals surface area contributed by atoms with Crippen LogP contribution >= 0.6 is 22.7 Å². The minimum absolute atomic E-state index is 0.206. The highest BCUT2D eigenvalue weighted by atomic mass is 32.1. The largest absolute Gasteiger partial charge is 0.497 e. The number of hydrogen-bond donors (Lipinski definition) is 1. The zero-order valence-electron chi connectivity index (χ0n) is 12.6. The van der Waals surface area contributed by atoms with E-state index >= 15 is 0 Å². The third kappa shape index (κ3) is 3.80. The number of benzene rings is 1. The van der Waals surface area contributed by atoms with Crippen molar-refractivity contribution in [1.29, 1.82) is 0 Å². The Balaban J connectivity index is 1.77. The van der Waals surface area contributed by atoms with Crippen LogP contribution in [0.25, 0.3) is 11.3 Å². The summed E-state index contributed by atoms with van der Waals surface area (Å²) >= 11 is 1.75. The number of nitrogens with zero attached hydrogens (tertiary/aromatic N) is 2. The van der Waals surface area contributed by atoms with Gasteiger partial charge in [0.15, 0.2) is 10.8 Å². The van der Waals surface area contributed by atoms with Crippen molar-refractivity contribution in [1.82, 2.24) is 9.97 Å². The van der Waals surface area contributed by atoms with Crippen molar-refractivity contribution in [2.45, 2.75) is 6.18 Å². The highest BCUT2D eigenvalue weighted by Gasteiger charge is 2.38. The highest BCUT2D eigenvalue weighted by Crippen LogP contribution is 2.33. The third-order valence-corrected chi connectivity index (χ3v) is 4.74. The van der Waals surface area contributed by atoms with E-state index in [9.17, 15) is 18.0 Å². The van der Waals surface area contributed by atoms with Crippen LogP contribution in [0.1, 0.15) is 15.4 Å². The molecule has 0 aliphatic carbocycles. The molecule has 0 radical (unpaired) electrons. The van der Waals surface area contributed by atoms with Crippen LogP contribution in [-0.4, -0.2) is 23.0 Å². The molecule has 5 nitrogen and oxygen atoms in total. The molecular formula is C15H10F3N3O2S2. The summed E-state index contributed by atoms with van der Waals surface area (Å²) in [6.07, 6.45) is -4.68. The van der Waals surface area contributed by atoms with Gasteiger partial charge in [-0.05, 0) is 24.3 Å². The smallest absolute Gasteiger partial charge is 0.434 e. The van der Waals surface area contributed by atoms with Crippen molar-refractivity contribution in [2.24, 2.45) is 0 Å². The number of aromatic nitrogens is 2. The van der Waals surface area contributed by atoms with Crippen LogP contribution in [0.4, 0.5) is 18.3 Å². The quantitative estimate of drug-likeness (QED) is 0.716. The fraction of sp³-hybridized carbons (Fsp3) is 0.133. The van der Waals surface area contributed by atoms with Gasteiger partial charge in [0.05, 0.1) is 18.3 Å². The van der Waals surface area contributed by atoms with Gasteiger partial charge >= 0.3 is 6.18 Å². The number of methoxy groups -OCH3 is 1. The number of hydrogen-bond acceptors (Lipinski definition) is 6. The average molecular weight is 385 g/mol. The van der Waals surface area contributed by atoms with Gasteiger partial charge in [0.25, 0.3) is 5.91 Å². The Morgan fingerprint density at radius 2 is 1.92 bits per heavy atom. The first-order valence-electron chi connectivity index (χ1n) is 6.80. The van der Waals surface area contributed by atoms with Gasteiger partial charge in [0.1, 0.15) is 10.6 Å². The Bertz CT molecular complexity index is 888. The number of carbonyl (C=O) groups is 1. The monoisotopic (exact) mass is 385 g/mol. The fourth-order valence-corrected chi connectivity index (χ4v) is 3.40. The molecule has 0 atom stereocenters. The molecule has 0 aliphatic heterocycles. The van der Waals surface area contributed by atoms with Gasteiger partial charge in [-0.15, -0.1) is 22.7 Å². The second kappa shape index (κ2) is 6.81. The molecule has 1 N–H and O–H groups in total. The predicted molar refractivity (Wildman–Crippen MR) is 89.2 cm³/mol. The highest BCUT2D eigenvalue weighted by molar-refractivity contribution is 7.14. The summed E-state index contributed by atoms with van der Waals surface area (Å²) in [5, 5.41) is 4.29. The van der Waals surface area contributed by atoms with Crippen LogP contribution in [0.5, 0.6) is 5.75 Å². The zero-order chi connectivity index (χ0) is 18.0. The van der Waals surface area contributed by atoms with Crippen molar-refractivity contribution in [2.75, 3.05) is 12.4 Å². The van der Waals surface area contributed by atoms with Crippen LogP contribution < -0.4 is 10.1 Å². The molecule has 0 spiro atoms. The van der Waals surface area contributed by atoms with Gasteiger partial charge in [-0.1, -0.05) is 0 Å². The van der Waals surface area contributed by atoms with E-state index in [-0.39, 0.29) is 5.13 Å². The molecule has 2 heterocycles. The lowest BCUT2D eigenvalue weighted by Gasteiger charge is -2.05. The zero-order valence-corrected chi connectivity index (χ0v) is 14.3. The second-order valence-corrected chi connectivity index (χ2v) is 6.46. The Hall–Kier alpha value is -2.46. The van der Waals surface area contributed by atoms with E-state index in [1.807, 2.05) is 0 Å². The number of amides is 1. The Labute approximate surface area is 148 Å². The molecule has 10 heteroatoms. The molecule has 25 heavy (non-hydrogen) atoms. The predicted octanol–water partition coefficient (Wildman–Crippen LogP) is 4.55. The van der Waals surface area contributed by atoms with Crippen LogP contribution in [0, 0.1) is 0 Å². The number of anilines is 1. The maximum atomic E-state index is 12.8. The number of ether oxygens (including phenoxy) is 1. The molecule has 3 aromatic rings. The molecule has 0 saturated carbocycles. The number of carbonyl (C=O) groups excluding carboxylic acids is 1. The van der Waals surface area contributed by atoms with Gasteiger partial charge < -0.3 is 4.74 Å². The Morgan fingerprint density at radius 1 is 1.20 bits per heavy atom. The summed E-state index contributed by atoms with van der Waals surface area (Å²) in [5.41, 5.74) is 1.19. The van der Waals surface area contributed by atoms with E-state index in [2.05, 4.69) is 15.3 Å². The lowest BCUT2D eigenvalue weighted by molar-refractivity contribution is -0.141. The van der Waals surface area contributed by atoms with Gasteiger partial charge in [-0.2, -0.15) is 13.2 Å². The molecule has 3 rings (SSSR count). The lowest BCUT2D eigenvalue weighted by atomic mass is 10.2. The molecule has 0 unspecified atom stereocenters. The summed E-state index contributed by atoms with van der Waals surface area (Å²) in [6.45, 7) is 0. The summed E-state index contributed by atoms with van der Waals surface area (Å²) < 4.78 is 43.5. The topological polar surface area (TPSA) is 64.1 Å². The van der Waals surface area contributed by atoms with Crippen molar-refractivity contribution in [3.8, 4) is 17.0 Å². The number of nitrogens with one attached hydrogen (secondary N) is 1. The normalized spacial score (nSPS) is 11.4. The first-order chi connectivity index (χ1) is 11.9. The molecule has 130 valence electrons. The van der Waals surface area contributed by atoms with E-state index in [1.54, 1.807) is 36.8 Å². The van der Waals surface area contributed by atoms with Crippen molar-refractivity contribution in [3.63, 3.8) is 0 Å². The molecule has 0 fully saturated rings. The molecule has 1 aromatic carbocycles. The summed E-state index contributed by atoms with van der Waals surface area (Å²) in [6, 6.07) is 7.12. The number of rotatable bonds is 4. The van der Waals surface area contributed by atoms with Crippen LogP contribution in [0.3, 0.4) is 0 Å². The number of alkyl halides is 3. The van der Waals surface area contributed by atoms with Crippen LogP contribution in [0.2, 0.25) is 0 Å². The minimum atomic E-state index is -4.68. The van der Waals surface area contributed by atoms with E-state index in [4.69, 9.17) is 4.74 Å². The number of thiazole rings is 2. The molecule has 0 bridgehead atoms. The van der Waals surface area contributed by atoms with Crippen molar-refractivity contribution in [3.05, 3.63) is 45.7 Å². The SMILES string of the molecule is COc1ccc(-c2csc(NC(=O)c3scnc3C(F)(F)F)n2)cc1. The molecule has 0 aliphatic rings.